The highest BCUT2D eigenvalue weighted by Gasteiger charge is 2.21. The van der Waals surface area contributed by atoms with Crippen LogP contribution in [0.4, 0.5) is 0 Å². The number of oxazole rings is 1. The summed E-state index contributed by atoms with van der Waals surface area (Å²) in [5, 5.41) is 6.75. The molecule has 0 saturated carbocycles. The van der Waals surface area contributed by atoms with Gasteiger partial charge in [0, 0.05) is 24.6 Å². The number of para-hydroxylation sites is 1. The van der Waals surface area contributed by atoms with E-state index in [1.165, 1.54) is 5.56 Å². The quantitative estimate of drug-likeness (QED) is 0.312. The maximum absolute atomic E-state index is 5.87. The van der Waals surface area contributed by atoms with Crippen LogP contribution in [0.1, 0.15) is 29.5 Å². The SMILES string of the molecule is CN=C(NCc1ncc(-c2ccc(C)cc2)o1)NC1CCOc2ccccc21.I. The molecule has 2 aromatic carbocycles. The number of hydrogen-bond acceptors (Lipinski definition) is 4. The second-order valence-corrected chi connectivity index (χ2v) is 6.78. The lowest BCUT2D eigenvalue weighted by Gasteiger charge is -2.27. The average molecular weight is 504 g/mol. The molecular weight excluding hydrogens is 479 g/mol. The van der Waals surface area contributed by atoms with Crippen LogP contribution in [0.25, 0.3) is 11.3 Å². The maximum Gasteiger partial charge on any atom is 0.214 e. The van der Waals surface area contributed by atoms with Crippen molar-refractivity contribution in [2.24, 2.45) is 4.99 Å². The molecule has 2 heterocycles. The van der Waals surface area contributed by atoms with Crippen molar-refractivity contribution < 1.29 is 9.15 Å². The van der Waals surface area contributed by atoms with Crippen molar-refractivity contribution in [1.82, 2.24) is 15.6 Å². The molecule has 0 fully saturated rings. The van der Waals surface area contributed by atoms with Gasteiger partial charge in [-0.2, -0.15) is 0 Å². The third kappa shape index (κ3) is 5.09. The van der Waals surface area contributed by atoms with Crippen molar-refractivity contribution in [3.8, 4) is 17.1 Å². The summed E-state index contributed by atoms with van der Waals surface area (Å²) in [6, 6.07) is 16.5. The zero-order chi connectivity index (χ0) is 19.3. The van der Waals surface area contributed by atoms with Crippen LogP contribution in [-0.2, 0) is 6.54 Å². The van der Waals surface area contributed by atoms with Gasteiger partial charge >= 0.3 is 0 Å². The van der Waals surface area contributed by atoms with Gasteiger partial charge in [-0.05, 0) is 13.0 Å². The van der Waals surface area contributed by atoms with Gasteiger partial charge in [-0.1, -0.05) is 48.0 Å². The summed E-state index contributed by atoms with van der Waals surface area (Å²) in [5.74, 6) is 3.01. The molecule has 1 aliphatic heterocycles. The van der Waals surface area contributed by atoms with E-state index in [1.807, 2.05) is 30.3 Å². The van der Waals surface area contributed by atoms with Gasteiger partial charge in [-0.3, -0.25) is 4.99 Å². The Kier molecular flexibility index (Phi) is 7.13. The second kappa shape index (κ2) is 9.78. The predicted octanol–water partition coefficient (Wildman–Crippen LogP) is 4.46. The normalized spacial score (nSPS) is 15.7. The lowest BCUT2D eigenvalue weighted by molar-refractivity contribution is 0.261. The Bertz CT molecular complexity index is 969. The first kappa shape index (κ1) is 21.2. The standard InChI is InChI=1S/C22H24N4O2.HI/c1-15-7-9-16(10-8-15)20-13-24-21(28-20)14-25-22(23-2)26-18-11-12-27-19-6-4-3-5-17(18)19;/h3-10,13,18H,11-12,14H2,1-2H3,(H2,23,25,26);1H. The summed E-state index contributed by atoms with van der Waals surface area (Å²) in [4.78, 5) is 8.70. The van der Waals surface area contributed by atoms with Crippen LogP contribution < -0.4 is 15.4 Å². The Hall–Kier alpha value is -2.55. The molecule has 29 heavy (non-hydrogen) atoms. The fraction of sp³-hybridized carbons (Fsp3) is 0.273. The predicted molar refractivity (Wildman–Crippen MR) is 125 cm³/mol. The number of ether oxygens (including phenoxy) is 1. The first-order valence-corrected chi connectivity index (χ1v) is 9.43. The van der Waals surface area contributed by atoms with E-state index in [0.717, 1.165) is 29.1 Å². The molecule has 1 atom stereocenters. The van der Waals surface area contributed by atoms with Gasteiger partial charge in [0.05, 0.1) is 25.4 Å². The van der Waals surface area contributed by atoms with Crippen molar-refractivity contribution in [1.29, 1.82) is 0 Å². The Labute approximate surface area is 187 Å². The minimum Gasteiger partial charge on any atom is -0.493 e. The molecule has 1 aliphatic rings. The highest BCUT2D eigenvalue weighted by Crippen LogP contribution is 2.31. The number of guanidine groups is 1. The van der Waals surface area contributed by atoms with Gasteiger partial charge in [0.15, 0.2) is 11.7 Å². The van der Waals surface area contributed by atoms with Crippen molar-refractivity contribution in [2.75, 3.05) is 13.7 Å². The second-order valence-electron chi connectivity index (χ2n) is 6.78. The van der Waals surface area contributed by atoms with Crippen LogP contribution in [0.2, 0.25) is 0 Å². The first-order chi connectivity index (χ1) is 13.7. The van der Waals surface area contributed by atoms with Gasteiger partial charge in [-0.15, -0.1) is 24.0 Å². The molecule has 1 aromatic heterocycles. The highest BCUT2D eigenvalue weighted by molar-refractivity contribution is 14.0. The Balaban J connectivity index is 0.00000240. The van der Waals surface area contributed by atoms with Gasteiger partial charge in [0.25, 0.3) is 0 Å². The van der Waals surface area contributed by atoms with E-state index in [-0.39, 0.29) is 30.0 Å². The van der Waals surface area contributed by atoms with E-state index in [4.69, 9.17) is 9.15 Å². The Morgan fingerprint density at radius 1 is 1.17 bits per heavy atom. The topological polar surface area (TPSA) is 71.7 Å². The number of benzene rings is 2. The number of hydrogen-bond donors (Lipinski definition) is 2. The van der Waals surface area contributed by atoms with Crippen LogP contribution >= 0.6 is 24.0 Å². The number of nitrogens with zero attached hydrogens (tertiary/aromatic N) is 2. The number of rotatable bonds is 4. The van der Waals surface area contributed by atoms with E-state index >= 15 is 0 Å². The van der Waals surface area contributed by atoms with E-state index < -0.39 is 0 Å². The molecule has 0 radical (unpaired) electrons. The zero-order valence-corrected chi connectivity index (χ0v) is 18.8. The van der Waals surface area contributed by atoms with Crippen LogP contribution in [0, 0.1) is 6.92 Å². The third-order valence-corrected chi connectivity index (χ3v) is 4.79. The average Bonchev–Trinajstić information content (AvgIpc) is 3.21. The molecule has 6 nitrogen and oxygen atoms in total. The summed E-state index contributed by atoms with van der Waals surface area (Å²) in [5.41, 5.74) is 3.38. The molecule has 1 unspecified atom stereocenters. The van der Waals surface area contributed by atoms with Crippen LogP contribution in [0.15, 0.2) is 64.1 Å². The van der Waals surface area contributed by atoms with Crippen LogP contribution in [0.5, 0.6) is 5.75 Å². The molecule has 2 N–H and O–H groups in total. The minimum atomic E-state index is 0. The fourth-order valence-corrected chi connectivity index (χ4v) is 3.25. The summed E-state index contributed by atoms with van der Waals surface area (Å²) in [7, 11) is 1.76. The Morgan fingerprint density at radius 3 is 2.76 bits per heavy atom. The summed E-state index contributed by atoms with van der Waals surface area (Å²) in [6.07, 6.45) is 2.64. The molecule has 0 bridgehead atoms. The molecule has 3 aromatic rings. The number of aliphatic imine (C=N–C) groups is 1. The monoisotopic (exact) mass is 504 g/mol. The van der Waals surface area contributed by atoms with Gasteiger partial charge in [-0.25, -0.2) is 4.98 Å². The zero-order valence-electron chi connectivity index (χ0n) is 16.5. The smallest absolute Gasteiger partial charge is 0.214 e. The number of halogens is 1. The molecule has 0 saturated heterocycles. The van der Waals surface area contributed by atoms with Crippen molar-refractivity contribution in [2.45, 2.75) is 25.9 Å². The summed E-state index contributed by atoms with van der Waals surface area (Å²) >= 11 is 0. The molecule has 0 spiro atoms. The van der Waals surface area contributed by atoms with Gasteiger partial charge < -0.3 is 19.8 Å². The number of fused-ring (bicyclic) bond motifs is 1. The lowest BCUT2D eigenvalue weighted by Crippen LogP contribution is -2.40. The largest absolute Gasteiger partial charge is 0.493 e. The number of nitrogens with one attached hydrogen (secondary N) is 2. The van der Waals surface area contributed by atoms with E-state index in [0.29, 0.717) is 25.0 Å². The summed E-state index contributed by atoms with van der Waals surface area (Å²) < 4.78 is 11.6. The lowest BCUT2D eigenvalue weighted by atomic mass is 10.0. The number of aromatic nitrogens is 1. The van der Waals surface area contributed by atoms with Gasteiger partial charge in [0.1, 0.15) is 5.75 Å². The van der Waals surface area contributed by atoms with Crippen LogP contribution in [-0.4, -0.2) is 24.6 Å². The molecule has 0 amide bonds. The van der Waals surface area contributed by atoms with Crippen molar-refractivity contribution in [3.63, 3.8) is 0 Å². The van der Waals surface area contributed by atoms with Crippen molar-refractivity contribution >= 4 is 29.9 Å². The minimum absolute atomic E-state index is 0. The maximum atomic E-state index is 5.87. The molecule has 4 rings (SSSR count). The molecular formula is C22H25IN4O2. The fourth-order valence-electron chi connectivity index (χ4n) is 3.25. The van der Waals surface area contributed by atoms with E-state index in [9.17, 15) is 0 Å². The molecule has 0 aliphatic carbocycles. The van der Waals surface area contributed by atoms with Crippen LogP contribution in [0.3, 0.4) is 0 Å². The molecule has 152 valence electrons. The number of aryl methyl sites for hydroxylation is 1. The van der Waals surface area contributed by atoms with E-state index in [1.54, 1.807) is 13.2 Å². The third-order valence-electron chi connectivity index (χ3n) is 4.79. The van der Waals surface area contributed by atoms with Crippen molar-refractivity contribution in [3.05, 3.63) is 71.7 Å². The first-order valence-electron chi connectivity index (χ1n) is 9.43. The highest BCUT2D eigenvalue weighted by atomic mass is 127. The summed E-state index contributed by atoms with van der Waals surface area (Å²) in [6.45, 7) is 3.21. The molecule has 7 heteroatoms. The Morgan fingerprint density at radius 2 is 1.97 bits per heavy atom. The van der Waals surface area contributed by atoms with E-state index in [2.05, 4.69) is 45.7 Å². The van der Waals surface area contributed by atoms with Gasteiger partial charge in [0.2, 0.25) is 5.89 Å².